The van der Waals surface area contributed by atoms with Gasteiger partial charge in [-0.3, -0.25) is 4.79 Å². The second kappa shape index (κ2) is 6.36. The van der Waals surface area contributed by atoms with E-state index in [2.05, 4.69) is 27.3 Å². The lowest BCUT2D eigenvalue weighted by Crippen LogP contribution is -2.12. The molecule has 0 heterocycles. The number of halogens is 1. The number of hydrogen-bond acceptors (Lipinski definition) is 2. The largest absolute Gasteiger partial charge is 0.322 e. The van der Waals surface area contributed by atoms with Gasteiger partial charge in [-0.25, -0.2) is 0 Å². The highest BCUT2D eigenvalue weighted by atomic mass is 79.9. The first-order chi connectivity index (χ1) is 9.61. The fraction of sp³-hybridized carbons (Fsp3) is 0.125. The van der Waals surface area contributed by atoms with E-state index in [9.17, 15) is 4.79 Å². The zero-order valence-corrected chi connectivity index (χ0v) is 12.6. The molecule has 0 saturated carbocycles. The van der Waals surface area contributed by atoms with Crippen LogP contribution in [-0.4, -0.2) is 5.91 Å². The molecular weight excluding hydrogens is 316 g/mol. The molecule has 4 heteroatoms. The zero-order chi connectivity index (χ0) is 14.5. The minimum Gasteiger partial charge on any atom is -0.322 e. The van der Waals surface area contributed by atoms with Gasteiger partial charge in [0, 0.05) is 10.2 Å². The summed E-state index contributed by atoms with van der Waals surface area (Å²) >= 11 is 3.43. The molecule has 1 amide bonds. The molecule has 0 aliphatic heterocycles. The Bertz CT molecular complexity index is 672. The molecule has 0 aromatic heterocycles. The molecule has 0 aliphatic carbocycles. The van der Waals surface area contributed by atoms with E-state index >= 15 is 0 Å². The monoisotopic (exact) mass is 328 g/mol. The number of hydrogen-bond donors (Lipinski definition) is 1. The fourth-order valence-corrected chi connectivity index (χ4v) is 2.26. The predicted octanol–water partition coefficient (Wildman–Crippen LogP) is 4.08. The predicted molar refractivity (Wildman–Crippen MR) is 82.6 cm³/mol. The molecule has 0 radical (unpaired) electrons. The third kappa shape index (κ3) is 3.25. The Labute approximate surface area is 126 Å². The lowest BCUT2D eigenvalue weighted by atomic mass is 10.1. The van der Waals surface area contributed by atoms with E-state index in [1.54, 1.807) is 18.2 Å². The summed E-state index contributed by atoms with van der Waals surface area (Å²) in [6.45, 7) is 1.94. The summed E-state index contributed by atoms with van der Waals surface area (Å²) in [6.07, 6.45) is 0.373. The number of carbonyl (C=O) groups is 1. The van der Waals surface area contributed by atoms with Crippen LogP contribution in [0.2, 0.25) is 0 Å². The summed E-state index contributed by atoms with van der Waals surface area (Å²) in [7, 11) is 0. The lowest BCUT2D eigenvalue weighted by Gasteiger charge is -2.08. The van der Waals surface area contributed by atoms with E-state index in [4.69, 9.17) is 5.26 Å². The van der Waals surface area contributed by atoms with Crippen molar-refractivity contribution in [2.24, 2.45) is 0 Å². The number of aryl methyl sites for hydroxylation is 1. The lowest BCUT2D eigenvalue weighted by molar-refractivity contribution is 0.102. The number of nitrogens with zero attached hydrogens (tertiary/aromatic N) is 1. The highest BCUT2D eigenvalue weighted by Crippen LogP contribution is 2.22. The van der Waals surface area contributed by atoms with Gasteiger partial charge in [-0.1, -0.05) is 24.3 Å². The van der Waals surface area contributed by atoms with Crippen molar-refractivity contribution < 1.29 is 4.79 Å². The molecule has 2 aromatic carbocycles. The number of carbonyl (C=O) groups excluding carboxylic acids is 1. The highest BCUT2D eigenvalue weighted by Gasteiger charge is 2.11. The standard InChI is InChI=1S/C16H13BrN2O/c1-11-3-2-4-14(15(11)17)16(20)19-13-7-5-12(6-8-13)9-10-18/h2-8H,9H2,1H3,(H,19,20). The van der Waals surface area contributed by atoms with Crippen LogP contribution < -0.4 is 5.32 Å². The molecule has 0 saturated heterocycles. The molecule has 0 unspecified atom stereocenters. The van der Waals surface area contributed by atoms with Gasteiger partial charge >= 0.3 is 0 Å². The Kier molecular flexibility index (Phi) is 4.54. The summed E-state index contributed by atoms with van der Waals surface area (Å²) in [5.74, 6) is -0.159. The van der Waals surface area contributed by atoms with E-state index in [0.717, 1.165) is 15.6 Å². The van der Waals surface area contributed by atoms with Crippen LogP contribution in [0.3, 0.4) is 0 Å². The van der Waals surface area contributed by atoms with Gasteiger partial charge in [0.2, 0.25) is 0 Å². The Morgan fingerprint density at radius 3 is 2.60 bits per heavy atom. The van der Waals surface area contributed by atoms with E-state index in [0.29, 0.717) is 17.7 Å². The Balaban J connectivity index is 2.15. The first-order valence-electron chi connectivity index (χ1n) is 6.14. The van der Waals surface area contributed by atoms with E-state index < -0.39 is 0 Å². The highest BCUT2D eigenvalue weighted by molar-refractivity contribution is 9.10. The number of nitrogens with one attached hydrogen (secondary N) is 1. The van der Waals surface area contributed by atoms with Crippen molar-refractivity contribution in [1.82, 2.24) is 0 Å². The molecule has 20 heavy (non-hydrogen) atoms. The summed E-state index contributed by atoms with van der Waals surface area (Å²) in [5, 5.41) is 11.5. The van der Waals surface area contributed by atoms with Crippen molar-refractivity contribution in [1.29, 1.82) is 5.26 Å². The molecule has 0 atom stereocenters. The summed E-state index contributed by atoms with van der Waals surface area (Å²) in [4.78, 5) is 12.2. The molecule has 2 aromatic rings. The van der Waals surface area contributed by atoms with Crippen LogP contribution >= 0.6 is 15.9 Å². The molecule has 2 rings (SSSR count). The minimum atomic E-state index is -0.159. The van der Waals surface area contributed by atoms with Crippen LogP contribution in [0.1, 0.15) is 21.5 Å². The van der Waals surface area contributed by atoms with Crippen molar-refractivity contribution in [3.63, 3.8) is 0 Å². The Morgan fingerprint density at radius 1 is 1.25 bits per heavy atom. The average Bonchev–Trinajstić information content (AvgIpc) is 2.44. The number of anilines is 1. The number of nitriles is 1. The van der Waals surface area contributed by atoms with Crippen molar-refractivity contribution in [3.8, 4) is 6.07 Å². The number of rotatable bonds is 3. The molecule has 0 fully saturated rings. The molecular formula is C16H13BrN2O. The topological polar surface area (TPSA) is 52.9 Å². The number of amides is 1. The van der Waals surface area contributed by atoms with Gasteiger partial charge < -0.3 is 5.32 Å². The van der Waals surface area contributed by atoms with Crippen LogP contribution in [0, 0.1) is 18.3 Å². The molecule has 1 N–H and O–H groups in total. The second-order valence-corrected chi connectivity index (χ2v) is 5.22. The van der Waals surface area contributed by atoms with Crippen molar-refractivity contribution in [2.75, 3.05) is 5.32 Å². The van der Waals surface area contributed by atoms with Crippen LogP contribution in [0.15, 0.2) is 46.9 Å². The van der Waals surface area contributed by atoms with E-state index in [1.165, 1.54) is 0 Å². The third-order valence-corrected chi connectivity index (χ3v) is 3.98. The summed E-state index contributed by atoms with van der Waals surface area (Å²) < 4.78 is 0.804. The van der Waals surface area contributed by atoms with Gasteiger partial charge in [-0.05, 0) is 52.2 Å². The van der Waals surface area contributed by atoms with Crippen molar-refractivity contribution >= 4 is 27.5 Å². The van der Waals surface area contributed by atoms with Gasteiger partial charge in [0.1, 0.15) is 0 Å². The molecule has 3 nitrogen and oxygen atoms in total. The summed E-state index contributed by atoms with van der Waals surface area (Å²) in [5.41, 5.74) is 3.26. The average molecular weight is 329 g/mol. The molecule has 0 aliphatic rings. The van der Waals surface area contributed by atoms with Gasteiger partial charge in [0.15, 0.2) is 0 Å². The second-order valence-electron chi connectivity index (χ2n) is 4.42. The molecule has 0 bridgehead atoms. The van der Waals surface area contributed by atoms with Crippen LogP contribution in [0.5, 0.6) is 0 Å². The maximum absolute atomic E-state index is 12.2. The van der Waals surface area contributed by atoms with Gasteiger partial charge in [-0.2, -0.15) is 5.26 Å². The maximum atomic E-state index is 12.2. The fourth-order valence-electron chi connectivity index (χ4n) is 1.82. The Hall–Kier alpha value is -2.12. The number of benzene rings is 2. The van der Waals surface area contributed by atoms with Crippen LogP contribution in [-0.2, 0) is 6.42 Å². The molecule has 100 valence electrons. The van der Waals surface area contributed by atoms with Crippen molar-refractivity contribution in [3.05, 3.63) is 63.6 Å². The van der Waals surface area contributed by atoms with Gasteiger partial charge in [-0.15, -0.1) is 0 Å². The first kappa shape index (κ1) is 14.3. The van der Waals surface area contributed by atoms with Gasteiger partial charge in [0.05, 0.1) is 18.1 Å². The van der Waals surface area contributed by atoms with Crippen LogP contribution in [0.4, 0.5) is 5.69 Å². The Morgan fingerprint density at radius 2 is 1.95 bits per heavy atom. The molecule has 0 spiro atoms. The SMILES string of the molecule is Cc1cccc(C(=O)Nc2ccc(CC#N)cc2)c1Br. The van der Waals surface area contributed by atoms with E-state index in [-0.39, 0.29) is 5.91 Å². The van der Waals surface area contributed by atoms with E-state index in [1.807, 2.05) is 31.2 Å². The maximum Gasteiger partial charge on any atom is 0.256 e. The normalized spacial score (nSPS) is 9.85. The van der Waals surface area contributed by atoms with Gasteiger partial charge in [0.25, 0.3) is 5.91 Å². The first-order valence-corrected chi connectivity index (χ1v) is 6.93. The quantitative estimate of drug-likeness (QED) is 0.923. The van der Waals surface area contributed by atoms with Crippen molar-refractivity contribution in [2.45, 2.75) is 13.3 Å². The zero-order valence-electron chi connectivity index (χ0n) is 11.0. The summed E-state index contributed by atoms with van der Waals surface area (Å²) in [6, 6.07) is 14.9. The minimum absolute atomic E-state index is 0.159. The third-order valence-electron chi connectivity index (χ3n) is 2.93. The van der Waals surface area contributed by atoms with Crippen LogP contribution in [0.25, 0.3) is 0 Å². The smallest absolute Gasteiger partial charge is 0.256 e.